The SMILES string of the molecule is CC1OC[C@@H](c2ccccc2)N1Cc1ccccc1. The first-order chi connectivity index (χ1) is 9.34. The molecule has 0 saturated carbocycles. The molecule has 2 heteroatoms. The highest BCUT2D eigenvalue weighted by molar-refractivity contribution is 5.21. The largest absolute Gasteiger partial charge is 0.361 e. The second-order valence-corrected chi connectivity index (χ2v) is 5.02. The summed E-state index contributed by atoms with van der Waals surface area (Å²) in [4.78, 5) is 2.42. The minimum Gasteiger partial charge on any atom is -0.361 e. The molecule has 0 aliphatic carbocycles. The average Bonchev–Trinajstić information content (AvgIpc) is 2.82. The van der Waals surface area contributed by atoms with Crippen LogP contribution in [0.15, 0.2) is 60.7 Å². The maximum absolute atomic E-state index is 5.83. The van der Waals surface area contributed by atoms with Gasteiger partial charge in [0.2, 0.25) is 0 Å². The van der Waals surface area contributed by atoms with Crippen LogP contribution in [0.1, 0.15) is 24.1 Å². The third-order valence-corrected chi connectivity index (χ3v) is 3.75. The van der Waals surface area contributed by atoms with Gasteiger partial charge in [-0.05, 0) is 18.1 Å². The number of ether oxygens (including phenoxy) is 1. The molecule has 2 aromatic carbocycles. The van der Waals surface area contributed by atoms with E-state index in [9.17, 15) is 0 Å². The van der Waals surface area contributed by atoms with Crippen molar-refractivity contribution < 1.29 is 4.74 Å². The van der Waals surface area contributed by atoms with Crippen molar-refractivity contribution in [2.75, 3.05) is 6.61 Å². The van der Waals surface area contributed by atoms with Gasteiger partial charge in [0.15, 0.2) is 0 Å². The molecule has 1 aliphatic heterocycles. The molecule has 0 amide bonds. The highest BCUT2D eigenvalue weighted by atomic mass is 16.5. The van der Waals surface area contributed by atoms with Crippen molar-refractivity contribution in [3.8, 4) is 0 Å². The van der Waals surface area contributed by atoms with Crippen LogP contribution in [0.2, 0.25) is 0 Å². The maximum atomic E-state index is 5.83. The molecular weight excluding hydrogens is 234 g/mol. The van der Waals surface area contributed by atoms with E-state index >= 15 is 0 Å². The van der Waals surface area contributed by atoms with Crippen molar-refractivity contribution in [3.63, 3.8) is 0 Å². The lowest BCUT2D eigenvalue weighted by Crippen LogP contribution is -2.29. The zero-order valence-electron chi connectivity index (χ0n) is 11.2. The summed E-state index contributed by atoms with van der Waals surface area (Å²) < 4.78 is 5.83. The minimum atomic E-state index is 0.172. The van der Waals surface area contributed by atoms with Gasteiger partial charge in [0.25, 0.3) is 0 Å². The molecule has 0 N–H and O–H groups in total. The summed E-state index contributed by atoms with van der Waals surface area (Å²) >= 11 is 0. The lowest BCUT2D eigenvalue weighted by Gasteiger charge is -2.26. The highest BCUT2D eigenvalue weighted by Gasteiger charge is 2.32. The quantitative estimate of drug-likeness (QED) is 0.828. The molecule has 1 aliphatic rings. The molecular formula is C17H19NO. The van der Waals surface area contributed by atoms with E-state index in [0.717, 1.165) is 13.2 Å². The van der Waals surface area contributed by atoms with Gasteiger partial charge in [-0.3, -0.25) is 4.90 Å². The third-order valence-electron chi connectivity index (χ3n) is 3.75. The lowest BCUT2D eigenvalue weighted by atomic mass is 10.1. The van der Waals surface area contributed by atoms with Crippen LogP contribution in [0.3, 0.4) is 0 Å². The number of hydrogen-bond acceptors (Lipinski definition) is 2. The maximum Gasteiger partial charge on any atom is 0.108 e. The molecule has 98 valence electrons. The van der Waals surface area contributed by atoms with Crippen LogP contribution in [0.25, 0.3) is 0 Å². The molecule has 2 nitrogen and oxygen atoms in total. The zero-order valence-corrected chi connectivity index (χ0v) is 11.2. The van der Waals surface area contributed by atoms with Crippen LogP contribution in [0.4, 0.5) is 0 Å². The van der Waals surface area contributed by atoms with Gasteiger partial charge in [0, 0.05) is 6.54 Å². The molecule has 19 heavy (non-hydrogen) atoms. The van der Waals surface area contributed by atoms with Gasteiger partial charge in [0.1, 0.15) is 6.23 Å². The zero-order chi connectivity index (χ0) is 13.1. The molecule has 0 radical (unpaired) electrons. The van der Waals surface area contributed by atoms with E-state index < -0.39 is 0 Å². The van der Waals surface area contributed by atoms with E-state index in [1.54, 1.807) is 0 Å². The van der Waals surface area contributed by atoms with Crippen molar-refractivity contribution in [1.29, 1.82) is 0 Å². The molecule has 3 rings (SSSR count). The molecule has 2 atom stereocenters. The van der Waals surface area contributed by atoms with Crippen LogP contribution >= 0.6 is 0 Å². The first-order valence-corrected chi connectivity index (χ1v) is 6.81. The fraction of sp³-hybridized carbons (Fsp3) is 0.294. The number of nitrogens with zero attached hydrogens (tertiary/aromatic N) is 1. The monoisotopic (exact) mass is 253 g/mol. The minimum absolute atomic E-state index is 0.172. The Morgan fingerprint density at radius 2 is 1.63 bits per heavy atom. The molecule has 0 bridgehead atoms. The van der Waals surface area contributed by atoms with Crippen molar-refractivity contribution in [3.05, 3.63) is 71.8 Å². The Bertz CT molecular complexity index is 511. The summed E-state index contributed by atoms with van der Waals surface area (Å²) in [5, 5.41) is 0. The Balaban J connectivity index is 1.81. The van der Waals surface area contributed by atoms with E-state index in [0.29, 0.717) is 6.04 Å². The molecule has 1 fully saturated rings. The standard InChI is InChI=1S/C17H19NO/c1-14-18(12-15-8-4-2-5-9-15)17(13-19-14)16-10-6-3-7-11-16/h2-11,14,17H,12-13H2,1H3/t14?,17-/m0/s1. The van der Waals surface area contributed by atoms with Crippen LogP contribution in [-0.4, -0.2) is 17.7 Å². The van der Waals surface area contributed by atoms with Gasteiger partial charge in [-0.25, -0.2) is 0 Å². The normalized spacial score (nSPS) is 23.6. The second kappa shape index (κ2) is 5.55. The predicted octanol–water partition coefficient (Wildman–Crippen LogP) is 3.61. The smallest absolute Gasteiger partial charge is 0.108 e. The first kappa shape index (κ1) is 12.4. The predicted molar refractivity (Wildman–Crippen MR) is 76.6 cm³/mol. The molecule has 1 unspecified atom stereocenters. The topological polar surface area (TPSA) is 12.5 Å². The van der Waals surface area contributed by atoms with Crippen molar-refractivity contribution >= 4 is 0 Å². The third kappa shape index (κ3) is 2.70. The number of benzene rings is 2. The Kier molecular flexibility index (Phi) is 3.62. The summed E-state index contributed by atoms with van der Waals surface area (Å²) in [5.74, 6) is 0. The van der Waals surface area contributed by atoms with Crippen LogP contribution in [0, 0.1) is 0 Å². The molecule has 0 aromatic heterocycles. The summed E-state index contributed by atoms with van der Waals surface area (Å²) in [6.07, 6.45) is 0.172. The summed E-state index contributed by atoms with van der Waals surface area (Å²) in [6, 6.07) is 21.6. The van der Waals surface area contributed by atoms with Gasteiger partial charge >= 0.3 is 0 Å². The summed E-state index contributed by atoms with van der Waals surface area (Å²) in [5.41, 5.74) is 2.67. The summed E-state index contributed by atoms with van der Waals surface area (Å²) in [7, 11) is 0. The van der Waals surface area contributed by atoms with Crippen LogP contribution < -0.4 is 0 Å². The van der Waals surface area contributed by atoms with Gasteiger partial charge in [-0.1, -0.05) is 60.7 Å². The number of rotatable bonds is 3. The Hall–Kier alpha value is -1.64. The van der Waals surface area contributed by atoms with Gasteiger partial charge in [-0.2, -0.15) is 0 Å². The highest BCUT2D eigenvalue weighted by Crippen LogP contribution is 2.31. The Labute approximate surface area is 114 Å². The first-order valence-electron chi connectivity index (χ1n) is 6.81. The van der Waals surface area contributed by atoms with Crippen LogP contribution in [-0.2, 0) is 11.3 Å². The Morgan fingerprint density at radius 3 is 2.32 bits per heavy atom. The van der Waals surface area contributed by atoms with E-state index in [-0.39, 0.29) is 6.23 Å². The van der Waals surface area contributed by atoms with Crippen LogP contribution in [0.5, 0.6) is 0 Å². The van der Waals surface area contributed by atoms with E-state index in [1.807, 2.05) is 0 Å². The van der Waals surface area contributed by atoms with Gasteiger partial charge < -0.3 is 4.74 Å². The molecule has 2 aromatic rings. The van der Waals surface area contributed by atoms with Crippen molar-refractivity contribution in [2.24, 2.45) is 0 Å². The Morgan fingerprint density at radius 1 is 1.00 bits per heavy atom. The fourth-order valence-electron chi connectivity index (χ4n) is 2.67. The second-order valence-electron chi connectivity index (χ2n) is 5.02. The van der Waals surface area contributed by atoms with E-state index in [4.69, 9.17) is 4.74 Å². The average molecular weight is 253 g/mol. The number of hydrogen-bond donors (Lipinski definition) is 0. The van der Waals surface area contributed by atoms with Gasteiger partial charge in [0.05, 0.1) is 12.6 Å². The summed E-state index contributed by atoms with van der Waals surface area (Å²) in [6.45, 7) is 3.84. The lowest BCUT2D eigenvalue weighted by molar-refractivity contribution is 0.0419. The van der Waals surface area contributed by atoms with Gasteiger partial charge in [-0.15, -0.1) is 0 Å². The molecule has 0 spiro atoms. The van der Waals surface area contributed by atoms with Crippen molar-refractivity contribution in [2.45, 2.75) is 25.7 Å². The van der Waals surface area contributed by atoms with E-state index in [2.05, 4.69) is 72.5 Å². The van der Waals surface area contributed by atoms with E-state index in [1.165, 1.54) is 11.1 Å². The fourth-order valence-corrected chi connectivity index (χ4v) is 2.67. The molecule has 1 heterocycles. The van der Waals surface area contributed by atoms with Crippen molar-refractivity contribution in [1.82, 2.24) is 4.90 Å². The molecule has 1 saturated heterocycles.